The van der Waals surface area contributed by atoms with Gasteiger partial charge < -0.3 is 19.7 Å². The number of rotatable bonds is 6. The van der Waals surface area contributed by atoms with E-state index in [1.807, 2.05) is 30.5 Å². The van der Waals surface area contributed by atoms with Crippen LogP contribution in [0.25, 0.3) is 16.7 Å². The molecule has 2 heterocycles. The topological polar surface area (TPSA) is 99.7 Å². The SMILES string of the molecule is COC(=O)c1ccc(C2/C(=C(/O)c3ccc(Br)cc3)C(=O)C(=O)N2CCc2c[nH]c3ccccc23)cc1. The molecule has 0 bridgehead atoms. The molecule has 1 amide bonds. The molecule has 0 radical (unpaired) electrons. The summed E-state index contributed by atoms with van der Waals surface area (Å²) in [5.41, 5.74) is 3.39. The zero-order valence-corrected chi connectivity index (χ0v) is 21.5. The molecule has 1 atom stereocenters. The van der Waals surface area contributed by atoms with Gasteiger partial charge in [0.05, 0.1) is 24.3 Å². The number of halogens is 1. The minimum absolute atomic E-state index is 0.0112. The maximum atomic E-state index is 13.3. The maximum Gasteiger partial charge on any atom is 0.337 e. The molecule has 4 aromatic rings. The van der Waals surface area contributed by atoms with Gasteiger partial charge in [-0.25, -0.2) is 4.79 Å². The number of carbonyl (C=O) groups excluding carboxylic acids is 3. The Morgan fingerprint density at radius 1 is 1.00 bits per heavy atom. The van der Waals surface area contributed by atoms with Crippen LogP contribution in [0, 0.1) is 0 Å². The lowest BCUT2D eigenvalue weighted by Gasteiger charge is -2.25. The van der Waals surface area contributed by atoms with Crippen molar-refractivity contribution in [1.29, 1.82) is 0 Å². The first-order chi connectivity index (χ1) is 17.9. The second-order valence-electron chi connectivity index (χ2n) is 8.72. The smallest absolute Gasteiger partial charge is 0.337 e. The number of carbonyl (C=O) groups is 3. The molecule has 1 aliphatic rings. The third-order valence-electron chi connectivity index (χ3n) is 6.60. The summed E-state index contributed by atoms with van der Waals surface area (Å²) in [7, 11) is 1.30. The number of aromatic nitrogens is 1. The lowest BCUT2D eigenvalue weighted by molar-refractivity contribution is -0.139. The van der Waals surface area contributed by atoms with E-state index in [1.165, 1.54) is 12.0 Å². The first kappa shape index (κ1) is 24.5. The lowest BCUT2D eigenvalue weighted by Crippen LogP contribution is -2.31. The van der Waals surface area contributed by atoms with Crippen LogP contribution in [0.5, 0.6) is 0 Å². The van der Waals surface area contributed by atoms with Gasteiger partial charge in [-0.2, -0.15) is 0 Å². The molecule has 2 N–H and O–H groups in total. The van der Waals surface area contributed by atoms with Crippen molar-refractivity contribution in [2.75, 3.05) is 13.7 Å². The molecule has 1 aliphatic heterocycles. The van der Waals surface area contributed by atoms with E-state index in [0.717, 1.165) is 20.9 Å². The predicted octanol–water partition coefficient (Wildman–Crippen LogP) is 5.38. The van der Waals surface area contributed by atoms with Crippen molar-refractivity contribution < 1.29 is 24.2 Å². The van der Waals surface area contributed by atoms with Gasteiger partial charge >= 0.3 is 5.97 Å². The average Bonchev–Trinajstić information content (AvgIpc) is 3.45. The number of para-hydroxylation sites is 1. The summed E-state index contributed by atoms with van der Waals surface area (Å²) in [6.45, 7) is 0.257. The van der Waals surface area contributed by atoms with Gasteiger partial charge in [0.25, 0.3) is 11.7 Å². The quantitative estimate of drug-likeness (QED) is 0.143. The van der Waals surface area contributed by atoms with Crippen LogP contribution in [-0.2, 0) is 20.7 Å². The number of aromatic amines is 1. The van der Waals surface area contributed by atoms with E-state index in [9.17, 15) is 19.5 Å². The Hall–Kier alpha value is -4.17. The number of amides is 1. The Morgan fingerprint density at radius 2 is 1.68 bits per heavy atom. The molecule has 186 valence electrons. The van der Waals surface area contributed by atoms with Crippen LogP contribution in [-0.4, -0.2) is 46.3 Å². The lowest BCUT2D eigenvalue weighted by atomic mass is 9.94. The minimum Gasteiger partial charge on any atom is -0.507 e. The van der Waals surface area contributed by atoms with Gasteiger partial charge in [0.2, 0.25) is 0 Å². The van der Waals surface area contributed by atoms with Crippen molar-refractivity contribution in [3.8, 4) is 0 Å². The average molecular weight is 559 g/mol. The van der Waals surface area contributed by atoms with Crippen LogP contribution < -0.4 is 0 Å². The van der Waals surface area contributed by atoms with Crippen molar-refractivity contribution in [3.63, 3.8) is 0 Å². The Morgan fingerprint density at radius 3 is 2.38 bits per heavy atom. The Labute approximate surface area is 221 Å². The highest BCUT2D eigenvalue weighted by Crippen LogP contribution is 2.40. The van der Waals surface area contributed by atoms with Gasteiger partial charge in [0.15, 0.2) is 0 Å². The number of benzene rings is 3. The van der Waals surface area contributed by atoms with Gasteiger partial charge in [-0.15, -0.1) is 0 Å². The molecule has 3 aromatic carbocycles. The Kier molecular flexibility index (Phi) is 6.67. The fourth-order valence-electron chi connectivity index (χ4n) is 4.72. The number of hydrogen-bond donors (Lipinski definition) is 2. The number of nitrogens with one attached hydrogen (secondary N) is 1. The predicted molar refractivity (Wildman–Crippen MR) is 143 cm³/mol. The van der Waals surface area contributed by atoms with E-state index in [1.54, 1.807) is 48.5 Å². The number of Topliss-reactive ketones (excluding diaryl/α,β-unsaturated/α-hetero) is 1. The number of H-pyrrole nitrogens is 1. The van der Waals surface area contributed by atoms with Crippen molar-refractivity contribution in [2.24, 2.45) is 0 Å². The fraction of sp³-hybridized carbons (Fsp3) is 0.138. The minimum atomic E-state index is -0.819. The van der Waals surface area contributed by atoms with E-state index >= 15 is 0 Å². The molecule has 0 spiro atoms. The van der Waals surface area contributed by atoms with Crippen molar-refractivity contribution in [3.05, 3.63) is 111 Å². The number of ketones is 1. The monoisotopic (exact) mass is 558 g/mol. The second-order valence-corrected chi connectivity index (χ2v) is 9.64. The van der Waals surface area contributed by atoms with Gasteiger partial charge in [-0.05, 0) is 47.9 Å². The molecule has 1 fully saturated rings. The van der Waals surface area contributed by atoms with Gasteiger partial charge in [0, 0.05) is 33.7 Å². The normalized spacial score (nSPS) is 16.9. The number of likely N-dealkylation sites (tertiary alicyclic amines) is 1. The maximum absolute atomic E-state index is 13.3. The van der Waals surface area contributed by atoms with Crippen molar-refractivity contribution in [2.45, 2.75) is 12.5 Å². The molecule has 37 heavy (non-hydrogen) atoms. The zero-order chi connectivity index (χ0) is 26.1. The number of methoxy groups -OCH3 is 1. The Balaban J connectivity index is 1.56. The van der Waals surface area contributed by atoms with Gasteiger partial charge in [-0.1, -0.05) is 58.4 Å². The summed E-state index contributed by atoms with van der Waals surface area (Å²) >= 11 is 3.37. The number of fused-ring (bicyclic) bond motifs is 1. The molecular formula is C29H23BrN2O5. The summed E-state index contributed by atoms with van der Waals surface area (Å²) in [6, 6.07) is 20.4. The highest BCUT2D eigenvalue weighted by Gasteiger charge is 2.45. The standard InChI is InChI=1S/C29H23BrN2O5/c1-37-29(36)19-8-6-17(7-9-19)25-24(26(33)18-10-12-21(30)13-11-18)27(34)28(35)32(25)15-14-20-16-31-23-5-3-2-4-22(20)23/h2-13,16,25,31,33H,14-15H2,1H3/b26-24-. The molecule has 8 heteroatoms. The summed E-state index contributed by atoms with van der Waals surface area (Å²) in [6.07, 6.45) is 2.41. The van der Waals surface area contributed by atoms with Crippen LogP contribution in [0.4, 0.5) is 0 Å². The molecule has 1 aromatic heterocycles. The van der Waals surface area contributed by atoms with E-state index in [2.05, 4.69) is 20.9 Å². The third kappa shape index (κ3) is 4.56. The summed E-state index contributed by atoms with van der Waals surface area (Å²) in [4.78, 5) is 43.2. The number of aliphatic hydroxyl groups is 1. The van der Waals surface area contributed by atoms with E-state index in [0.29, 0.717) is 23.1 Å². The van der Waals surface area contributed by atoms with Crippen LogP contribution in [0.15, 0.2) is 89.0 Å². The summed E-state index contributed by atoms with van der Waals surface area (Å²) in [5.74, 6) is -2.17. The van der Waals surface area contributed by atoms with E-state index in [-0.39, 0.29) is 17.9 Å². The summed E-state index contributed by atoms with van der Waals surface area (Å²) < 4.78 is 5.60. The second kappa shape index (κ2) is 10.1. The van der Waals surface area contributed by atoms with E-state index in [4.69, 9.17) is 4.74 Å². The van der Waals surface area contributed by atoms with Gasteiger partial charge in [0.1, 0.15) is 5.76 Å². The molecule has 0 aliphatic carbocycles. The molecule has 5 rings (SSSR count). The highest BCUT2D eigenvalue weighted by atomic mass is 79.9. The number of nitrogens with zero attached hydrogens (tertiary/aromatic N) is 1. The third-order valence-corrected chi connectivity index (χ3v) is 7.13. The van der Waals surface area contributed by atoms with Crippen molar-refractivity contribution >= 4 is 50.3 Å². The number of esters is 1. The highest BCUT2D eigenvalue weighted by molar-refractivity contribution is 9.10. The van der Waals surface area contributed by atoms with Crippen LogP contribution in [0.1, 0.15) is 33.1 Å². The molecule has 7 nitrogen and oxygen atoms in total. The largest absolute Gasteiger partial charge is 0.507 e. The molecular weight excluding hydrogens is 536 g/mol. The molecule has 0 saturated carbocycles. The fourth-order valence-corrected chi connectivity index (χ4v) is 4.98. The van der Waals surface area contributed by atoms with Crippen LogP contribution >= 0.6 is 15.9 Å². The van der Waals surface area contributed by atoms with E-state index < -0.39 is 23.7 Å². The summed E-state index contributed by atoms with van der Waals surface area (Å²) in [5, 5.41) is 12.3. The van der Waals surface area contributed by atoms with Crippen LogP contribution in [0.3, 0.4) is 0 Å². The van der Waals surface area contributed by atoms with Gasteiger partial charge in [-0.3, -0.25) is 9.59 Å². The molecule has 1 saturated heterocycles. The first-order valence-electron chi connectivity index (χ1n) is 11.7. The zero-order valence-electron chi connectivity index (χ0n) is 19.9. The molecule has 1 unspecified atom stereocenters. The number of ether oxygens (including phenoxy) is 1. The number of aliphatic hydroxyl groups excluding tert-OH is 1. The van der Waals surface area contributed by atoms with Crippen LogP contribution in [0.2, 0.25) is 0 Å². The van der Waals surface area contributed by atoms with Crippen molar-refractivity contribution in [1.82, 2.24) is 9.88 Å². The first-order valence-corrected chi connectivity index (χ1v) is 12.5. The number of hydrogen-bond acceptors (Lipinski definition) is 5. The Bertz CT molecular complexity index is 1540.